The fourth-order valence-corrected chi connectivity index (χ4v) is 1.60. The summed E-state index contributed by atoms with van der Waals surface area (Å²) in [6.07, 6.45) is 0.197. The predicted molar refractivity (Wildman–Crippen MR) is 53.1 cm³/mol. The van der Waals surface area contributed by atoms with Crippen LogP contribution in [0.25, 0.3) is 0 Å². The summed E-state index contributed by atoms with van der Waals surface area (Å²) < 4.78 is 18.2. The minimum Gasteiger partial charge on any atom is -0.480 e. The first-order valence-corrected chi connectivity index (χ1v) is 4.84. The highest BCUT2D eigenvalue weighted by Gasteiger charge is 2.30. The number of hydrogen-bond donors (Lipinski definition) is 0. The zero-order valence-corrected chi connectivity index (χ0v) is 8.44. The molecule has 1 aromatic carbocycles. The number of rotatable bonds is 2. The van der Waals surface area contributed by atoms with Crippen LogP contribution in [-0.2, 0) is 4.79 Å². The van der Waals surface area contributed by atoms with E-state index in [1.54, 1.807) is 24.1 Å². The second-order valence-corrected chi connectivity index (χ2v) is 3.61. The minimum absolute atomic E-state index is 0.0424. The van der Waals surface area contributed by atoms with Crippen LogP contribution in [0.5, 0.6) is 5.75 Å². The third-order valence-electron chi connectivity index (χ3n) is 2.45. The van der Waals surface area contributed by atoms with Crippen LogP contribution >= 0.6 is 0 Å². The molecule has 15 heavy (non-hydrogen) atoms. The van der Waals surface area contributed by atoms with Crippen molar-refractivity contribution in [1.82, 2.24) is 4.90 Å². The number of nitrogens with zero attached hydrogens (tertiary/aromatic N) is 1. The molecule has 0 N–H and O–H groups in total. The van der Waals surface area contributed by atoms with E-state index in [0.29, 0.717) is 18.7 Å². The van der Waals surface area contributed by atoms with E-state index in [1.807, 2.05) is 0 Å². The van der Waals surface area contributed by atoms with Gasteiger partial charge in [0.1, 0.15) is 11.6 Å². The Morgan fingerprint density at radius 2 is 2.33 bits per heavy atom. The molecule has 3 nitrogen and oxygen atoms in total. The number of ether oxygens (including phenoxy) is 1. The molecule has 1 atom stereocenters. The maximum atomic E-state index is 12.8. The molecule has 1 fully saturated rings. The second-order valence-electron chi connectivity index (χ2n) is 3.61. The first-order valence-electron chi connectivity index (χ1n) is 4.84. The topological polar surface area (TPSA) is 29.5 Å². The maximum absolute atomic E-state index is 12.8. The number of hydrogen-bond acceptors (Lipinski definition) is 2. The van der Waals surface area contributed by atoms with Gasteiger partial charge in [0, 0.05) is 26.1 Å². The predicted octanol–water partition coefficient (Wildman–Crippen LogP) is 1.44. The molecular weight excluding hydrogens is 197 g/mol. The molecule has 1 aliphatic rings. The zero-order valence-electron chi connectivity index (χ0n) is 8.44. The van der Waals surface area contributed by atoms with Gasteiger partial charge in [-0.1, -0.05) is 6.07 Å². The second kappa shape index (κ2) is 3.88. The lowest BCUT2D eigenvalue weighted by molar-refractivity contribution is -0.132. The summed E-state index contributed by atoms with van der Waals surface area (Å²) >= 11 is 0. The molecule has 80 valence electrons. The normalized spacial score (nSPS) is 20.8. The third kappa shape index (κ3) is 2.09. The van der Waals surface area contributed by atoms with E-state index < -0.39 is 6.10 Å². The minimum atomic E-state index is -0.461. The van der Waals surface area contributed by atoms with E-state index in [0.717, 1.165) is 0 Å². The molecule has 1 amide bonds. The summed E-state index contributed by atoms with van der Waals surface area (Å²) in [5.41, 5.74) is 0. The molecule has 0 radical (unpaired) electrons. The van der Waals surface area contributed by atoms with Crippen LogP contribution < -0.4 is 4.74 Å². The molecule has 1 heterocycles. The van der Waals surface area contributed by atoms with Gasteiger partial charge in [-0.2, -0.15) is 0 Å². The molecule has 0 aliphatic carbocycles. The quantitative estimate of drug-likeness (QED) is 0.737. The van der Waals surface area contributed by atoms with Gasteiger partial charge in [-0.25, -0.2) is 4.39 Å². The number of amides is 1. The Kier molecular flexibility index (Phi) is 2.58. The van der Waals surface area contributed by atoms with Crippen molar-refractivity contribution >= 4 is 5.91 Å². The maximum Gasteiger partial charge on any atom is 0.263 e. The molecule has 0 aromatic heterocycles. The standard InChI is InChI=1S/C11H12FNO2/c1-13-6-5-10(11(13)14)15-9-4-2-3-8(12)7-9/h2-4,7,10H,5-6H2,1H3. The van der Waals surface area contributed by atoms with Gasteiger partial charge in [-0.3, -0.25) is 4.79 Å². The van der Waals surface area contributed by atoms with Crippen molar-refractivity contribution in [2.45, 2.75) is 12.5 Å². The third-order valence-corrected chi connectivity index (χ3v) is 2.45. The summed E-state index contributed by atoms with van der Waals surface area (Å²) in [6.45, 7) is 0.693. The van der Waals surface area contributed by atoms with Crippen molar-refractivity contribution in [2.75, 3.05) is 13.6 Å². The first kappa shape index (κ1) is 9.96. The lowest BCUT2D eigenvalue weighted by Crippen LogP contribution is -2.29. The Labute approximate surface area is 87.5 Å². The zero-order chi connectivity index (χ0) is 10.8. The molecule has 4 heteroatoms. The molecule has 2 rings (SSSR count). The number of carbonyl (C=O) groups excluding carboxylic acids is 1. The van der Waals surface area contributed by atoms with Crippen molar-refractivity contribution in [3.05, 3.63) is 30.1 Å². The van der Waals surface area contributed by atoms with Gasteiger partial charge >= 0.3 is 0 Å². The van der Waals surface area contributed by atoms with Crippen LogP contribution in [0, 0.1) is 5.82 Å². The molecule has 0 saturated carbocycles. The highest BCUT2D eigenvalue weighted by Crippen LogP contribution is 2.19. The number of halogens is 1. The van der Waals surface area contributed by atoms with Crippen molar-refractivity contribution in [1.29, 1.82) is 0 Å². The van der Waals surface area contributed by atoms with E-state index in [1.165, 1.54) is 12.1 Å². The van der Waals surface area contributed by atoms with Gasteiger partial charge in [-0.15, -0.1) is 0 Å². The molecule has 1 saturated heterocycles. The highest BCUT2D eigenvalue weighted by atomic mass is 19.1. The van der Waals surface area contributed by atoms with E-state index in [2.05, 4.69) is 0 Å². The smallest absolute Gasteiger partial charge is 0.263 e. The van der Waals surface area contributed by atoms with Crippen LogP contribution in [-0.4, -0.2) is 30.5 Å². The Morgan fingerprint density at radius 3 is 2.93 bits per heavy atom. The number of likely N-dealkylation sites (N-methyl/N-ethyl adjacent to an activating group) is 1. The van der Waals surface area contributed by atoms with Crippen LogP contribution in [0.1, 0.15) is 6.42 Å². The van der Waals surface area contributed by atoms with Gasteiger partial charge in [0.2, 0.25) is 0 Å². The summed E-state index contributed by atoms with van der Waals surface area (Å²) in [5.74, 6) is 0.00853. The molecule has 0 bridgehead atoms. The van der Waals surface area contributed by atoms with Crippen molar-refractivity contribution in [3.63, 3.8) is 0 Å². The van der Waals surface area contributed by atoms with Crippen LogP contribution in [0.2, 0.25) is 0 Å². The average Bonchev–Trinajstić information content (AvgIpc) is 2.50. The fourth-order valence-electron chi connectivity index (χ4n) is 1.60. The lowest BCUT2D eigenvalue weighted by atomic mass is 10.3. The molecule has 1 aliphatic heterocycles. The molecule has 0 spiro atoms. The van der Waals surface area contributed by atoms with Crippen molar-refractivity contribution < 1.29 is 13.9 Å². The van der Waals surface area contributed by atoms with Crippen LogP contribution in [0.4, 0.5) is 4.39 Å². The summed E-state index contributed by atoms with van der Waals surface area (Å²) in [7, 11) is 1.73. The molecule has 1 aromatic rings. The van der Waals surface area contributed by atoms with Gasteiger partial charge in [0.15, 0.2) is 6.10 Å². The fraction of sp³-hybridized carbons (Fsp3) is 0.364. The Morgan fingerprint density at radius 1 is 1.53 bits per heavy atom. The van der Waals surface area contributed by atoms with Crippen molar-refractivity contribution in [3.8, 4) is 5.75 Å². The van der Waals surface area contributed by atoms with E-state index in [-0.39, 0.29) is 11.7 Å². The Hall–Kier alpha value is -1.58. The Bertz CT molecular complexity index is 381. The molecular formula is C11H12FNO2. The monoisotopic (exact) mass is 209 g/mol. The van der Waals surface area contributed by atoms with Gasteiger partial charge in [0.05, 0.1) is 0 Å². The Balaban J connectivity index is 2.06. The average molecular weight is 209 g/mol. The van der Waals surface area contributed by atoms with Crippen molar-refractivity contribution in [2.24, 2.45) is 0 Å². The lowest BCUT2D eigenvalue weighted by Gasteiger charge is -2.12. The molecule has 1 unspecified atom stereocenters. The number of likely N-dealkylation sites (tertiary alicyclic amines) is 1. The van der Waals surface area contributed by atoms with Gasteiger partial charge in [-0.05, 0) is 12.1 Å². The van der Waals surface area contributed by atoms with Crippen LogP contribution in [0.15, 0.2) is 24.3 Å². The number of benzene rings is 1. The van der Waals surface area contributed by atoms with E-state index in [9.17, 15) is 9.18 Å². The van der Waals surface area contributed by atoms with Crippen LogP contribution in [0.3, 0.4) is 0 Å². The van der Waals surface area contributed by atoms with Gasteiger partial charge in [0.25, 0.3) is 5.91 Å². The highest BCUT2D eigenvalue weighted by molar-refractivity contribution is 5.83. The van der Waals surface area contributed by atoms with E-state index in [4.69, 9.17) is 4.74 Å². The largest absolute Gasteiger partial charge is 0.480 e. The number of carbonyl (C=O) groups is 1. The van der Waals surface area contributed by atoms with E-state index >= 15 is 0 Å². The SMILES string of the molecule is CN1CCC(Oc2cccc(F)c2)C1=O. The summed E-state index contributed by atoms with van der Waals surface area (Å²) in [5, 5.41) is 0. The van der Waals surface area contributed by atoms with Gasteiger partial charge < -0.3 is 9.64 Å². The summed E-state index contributed by atoms with van der Waals surface area (Å²) in [6, 6.07) is 5.84. The summed E-state index contributed by atoms with van der Waals surface area (Å²) in [4.78, 5) is 13.1. The first-order chi connectivity index (χ1) is 7.16.